The molecule has 0 spiro atoms. The van der Waals surface area contributed by atoms with Crippen molar-refractivity contribution in [1.29, 1.82) is 0 Å². The van der Waals surface area contributed by atoms with Gasteiger partial charge in [-0.25, -0.2) is 34.4 Å². The van der Waals surface area contributed by atoms with E-state index in [1.807, 2.05) is 6.07 Å². The molecule has 276 valence electrons. The Hall–Kier alpha value is -2.02. The van der Waals surface area contributed by atoms with Crippen LogP contribution < -0.4 is 15.6 Å². The van der Waals surface area contributed by atoms with E-state index >= 15 is 0 Å². The molecule has 4 heteroatoms. The van der Waals surface area contributed by atoms with Gasteiger partial charge in [-0.15, -0.1) is 13.8 Å². The third-order valence-corrected chi connectivity index (χ3v) is 16.2. The molecule has 4 radical (unpaired) electrons. The molecule has 0 amide bonds. The molecular weight excluding hydrogens is 697 g/mol. The van der Waals surface area contributed by atoms with E-state index in [-0.39, 0.29) is 54.1 Å². The van der Waals surface area contributed by atoms with Gasteiger partial charge in [0.15, 0.2) is 0 Å². The fraction of sp³-hybridized carbons (Fsp3) is 0.383. The molecule has 2 atom stereocenters. The van der Waals surface area contributed by atoms with Gasteiger partial charge in [0.25, 0.3) is 0 Å². The standard InChI is InChI=1S/2C17H21Si.C10H15Si.3CH3.Ti/c2*1-11-7-8-16(10-12(11)2)18-17(6)14(4)9-13(3)15(17)5;1-9-6-5-7-10(8-9)11(2,3)4;;;;/h2*7-8,10H,1-6H3;6-8H,1-4H3;3*1H3;/q6*-1;. The summed E-state index contributed by atoms with van der Waals surface area (Å²) in [4.78, 5) is 0. The Morgan fingerprint density at radius 3 is 1.16 bits per heavy atom. The van der Waals surface area contributed by atoms with Crippen molar-refractivity contribution in [2.45, 2.75) is 120 Å². The van der Waals surface area contributed by atoms with Gasteiger partial charge < -0.3 is 22.3 Å². The smallest absolute Gasteiger partial charge is 0.0760 e. The van der Waals surface area contributed by atoms with E-state index in [1.54, 1.807) is 0 Å². The summed E-state index contributed by atoms with van der Waals surface area (Å²) in [6.45, 7) is 35.9. The molecule has 0 saturated heterocycles. The molecule has 0 fully saturated rings. The molecule has 0 heterocycles. The molecule has 0 aliphatic heterocycles. The number of rotatable bonds is 5. The first-order chi connectivity index (χ1) is 21.7. The summed E-state index contributed by atoms with van der Waals surface area (Å²) in [5, 5.41) is 4.78. The van der Waals surface area contributed by atoms with Gasteiger partial charge in [-0.2, -0.15) is 46.2 Å². The number of allylic oxidation sites excluding steroid dienone is 8. The van der Waals surface area contributed by atoms with Crippen molar-refractivity contribution < 1.29 is 21.7 Å². The van der Waals surface area contributed by atoms with Crippen LogP contribution in [0.4, 0.5) is 0 Å². The van der Waals surface area contributed by atoms with Crippen molar-refractivity contribution >= 4 is 42.7 Å². The third-order valence-electron chi connectivity index (χ3n) is 10.5. The Balaban J connectivity index is 0. The molecule has 0 bridgehead atoms. The number of benzene rings is 3. The van der Waals surface area contributed by atoms with Gasteiger partial charge in [-0.05, 0) is 49.9 Å². The first-order valence-electron chi connectivity index (χ1n) is 17.0. The molecule has 3 aromatic rings. The maximum Gasteiger partial charge on any atom is 0.0760 e. The molecule has 2 unspecified atom stereocenters. The van der Waals surface area contributed by atoms with Crippen LogP contribution in [0.2, 0.25) is 29.7 Å². The second-order valence-corrected chi connectivity index (χ2v) is 23.9. The fourth-order valence-electron chi connectivity index (χ4n) is 5.93. The predicted octanol–water partition coefficient (Wildman–Crippen LogP) is 11.5. The van der Waals surface area contributed by atoms with Crippen molar-refractivity contribution in [2.24, 2.45) is 0 Å². The van der Waals surface area contributed by atoms with Gasteiger partial charge in [-0.1, -0.05) is 125 Å². The molecule has 0 saturated carbocycles. The minimum Gasteiger partial charge on any atom is -0.358 e. The van der Waals surface area contributed by atoms with E-state index in [0.717, 1.165) is 19.0 Å². The second kappa shape index (κ2) is 20.4. The molecule has 5 rings (SSSR count). The zero-order valence-electron chi connectivity index (χ0n) is 35.7. The van der Waals surface area contributed by atoms with Crippen molar-refractivity contribution in [3.05, 3.63) is 156 Å². The minimum atomic E-state index is -1.10. The van der Waals surface area contributed by atoms with Crippen LogP contribution in [0.3, 0.4) is 0 Å². The average molecular weight is 763 g/mol. The summed E-state index contributed by atoms with van der Waals surface area (Å²) in [6, 6.07) is 23.3. The Morgan fingerprint density at radius 1 is 0.529 bits per heavy atom. The zero-order chi connectivity index (χ0) is 35.5. The molecule has 0 nitrogen and oxygen atoms in total. The van der Waals surface area contributed by atoms with Gasteiger partial charge >= 0.3 is 0 Å². The van der Waals surface area contributed by atoms with E-state index < -0.39 is 8.07 Å². The Morgan fingerprint density at radius 2 is 0.902 bits per heavy atom. The Bertz CT molecular complexity index is 1650. The van der Waals surface area contributed by atoms with E-state index in [0.29, 0.717) is 0 Å². The molecular formula is C47H66Si3Ti-6. The van der Waals surface area contributed by atoms with Gasteiger partial charge in [0, 0.05) is 29.8 Å². The zero-order valence-corrected chi connectivity index (χ0v) is 40.3. The fourth-order valence-corrected chi connectivity index (χ4v) is 10.4. The van der Waals surface area contributed by atoms with Crippen molar-refractivity contribution in [3.8, 4) is 0 Å². The van der Waals surface area contributed by atoms with Crippen molar-refractivity contribution in [2.75, 3.05) is 0 Å². The maximum atomic E-state index is 3.51. The number of hydrogen-bond acceptors (Lipinski definition) is 0. The number of hydrogen-bond donors (Lipinski definition) is 0. The van der Waals surface area contributed by atoms with Gasteiger partial charge in [0.05, 0.1) is 19.0 Å². The van der Waals surface area contributed by atoms with Crippen LogP contribution in [-0.4, -0.2) is 27.1 Å². The van der Waals surface area contributed by atoms with Crippen LogP contribution in [0.25, 0.3) is 0 Å². The topological polar surface area (TPSA) is 0 Å². The van der Waals surface area contributed by atoms with Gasteiger partial charge in [-0.3, -0.25) is 0 Å². The molecule has 0 N–H and O–H groups in total. The summed E-state index contributed by atoms with van der Waals surface area (Å²) in [6.07, 6.45) is 7.01. The van der Waals surface area contributed by atoms with Crippen LogP contribution in [0.1, 0.15) is 83.2 Å². The summed E-state index contributed by atoms with van der Waals surface area (Å²) >= 11 is 0. The first-order valence-corrected chi connectivity index (χ1v) is 22.5. The predicted molar refractivity (Wildman–Crippen MR) is 233 cm³/mol. The van der Waals surface area contributed by atoms with Gasteiger partial charge in [0.2, 0.25) is 0 Å². The summed E-state index contributed by atoms with van der Waals surface area (Å²) in [5.41, 5.74) is 15.2. The normalized spacial score (nSPS) is 19.1. The molecule has 2 aliphatic rings. The quantitative estimate of drug-likeness (QED) is 0.179. The Labute approximate surface area is 338 Å². The average Bonchev–Trinajstić information content (AvgIpc) is 3.29. The van der Waals surface area contributed by atoms with E-state index in [9.17, 15) is 0 Å². The van der Waals surface area contributed by atoms with Crippen LogP contribution >= 0.6 is 0 Å². The minimum absolute atomic E-state index is 0. The summed E-state index contributed by atoms with van der Waals surface area (Å²) in [5.74, 6) is 0. The van der Waals surface area contributed by atoms with Crippen molar-refractivity contribution in [3.63, 3.8) is 0 Å². The van der Waals surface area contributed by atoms with E-state index in [4.69, 9.17) is 0 Å². The van der Waals surface area contributed by atoms with Gasteiger partial charge in [0.1, 0.15) is 0 Å². The monoisotopic (exact) mass is 762 g/mol. The summed E-state index contributed by atoms with van der Waals surface area (Å²) < 4.78 is 0. The number of aryl methyl sites for hydroxylation is 5. The SMILES string of the molecule is CC1=[C-]C(C)=C(C)C1(C)[Si]c1ccc(C)c(C)c1.CC1=[C-]C(C)=C(C)C1(C)[Si]c1ccc(C)c(C)c1.Cc1c[c-]cc([Si](C)(C)C)c1.[CH3-].[CH3-].[CH3-].[Ti]. The molecule has 51 heavy (non-hydrogen) atoms. The summed E-state index contributed by atoms with van der Waals surface area (Å²) in [7, 11) is 0.490. The Kier molecular flexibility index (Phi) is 20.5. The van der Waals surface area contributed by atoms with Crippen LogP contribution in [0.5, 0.6) is 0 Å². The molecule has 2 aliphatic carbocycles. The van der Waals surface area contributed by atoms with Crippen LogP contribution in [-0.2, 0) is 21.7 Å². The second-order valence-electron chi connectivity index (χ2n) is 15.1. The first kappa shape index (κ1) is 51.1. The molecule has 0 aromatic heterocycles. The maximum absolute atomic E-state index is 3.51. The van der Waals surface area contributed by atoms with Crippen LogP contribution in [0.15, 0.2) is 88.0 Å². The molecule has 3 aromatic carbocycles. The van der Waals surface area contributed by atoms with Crippen LogP contribution in [0, 0.1) is 75.1 Å². The van der Waals surface area contributed by atoms with E-state index in [2.05, 4.69) is 176 Å². The largest absolute Gasteiger partial charge is 0.358 e. The van der Waals surface area contributed by atoms with Crippen molar-refractivity contribution in [1.82, 2.24) is 0 Å². The van der Waals surface area contributed by atoms with E-state index in [1.165, 1.54) is 76.8 Å². The third kappa shape index (κ3) is 12.5.